The van der Waals surface area contributed by atoms with Crippen LogP contribution in [0.2, 0.25) is 0 Å². The minimum atomic E-state index is -0.508. The molecule has 3 heteroatoms. The van der Waals surface area contributed by atoms with Crippen LogP contribution in [0.3, 0.4) is 0 Å². The molecular formula is C13H13BrO2. The highest BCUT2D eigenvalue weighted by molar-refractivity contribution is 9.10. The Labute approximate surface area is 103 Å². The molecule has 2 aromatic rings. The molecule has 1 unspecified atom stereocenters. The standard InChI is InChI=1S/C13H13BrO2/c1-9-5-11(8-16-9)13(15)7-10-3-2-4-12(14)6-10/h2-6,8,13,15H,7H2,1H3. The predicted molar refractivity (Wildman–Crippen MR) is 66.3 cm³/mol. The first-order valence-electron chi connectivity index (χ1n) is 5.12. The fourth-order valence-corrected chi connectivity index (χ4v) is 2.09. The molecule has 0 radical (unpaired) electrons. The highest BCUT2D eigenvalue weighted by atomic mass is 79.9. The summed E-state index contributed by atoms with van der Waals surface area (Å²) in [5, 5.41) is 10.0. The third-order valence-electron chi connectivity index (χ3n) is 2.45. The van der Waals surface area contributed by atoms with Gasteiger partial charge in [0, 0.05) is 16.5 Å². The quantitative estimate of drug-likeness (QED) is 0.932. The SMILES string of the molecule is Cc1cc(C(O)Cc2cccc(Br)c2)co1. The molecule has 0 aliphatic rings. The monoisotopic (exact) mass is 280 g/mol. The van der Waals surface area contributed by atoms with Crippen LogP contribution in [-0.4, -0.2) is 5.11 Å². The summed E-state index contributed by atoms with van der Waals surface area (Å²) in [6.07, 6.45) is 1.70. The van der Waals surface area contributed by atoms with Crippen molar-refractivity contribution >= 4 is 15.9 Å². The lowest BCUT2D eigenvalue weighted by Crippen LogP contribution is -2.00. The average Bonchev–Trinajstić information content (AvgIpc) is 2.65. The van der Waals surface area contributed by atoms with Gasteiger partial charge in [-0.3, -0.25) is 0 Å². The average molecular weight is 281 g/mol. The van der Waals surface area contributed by atoms with Crippen molar-refractivity contribution in [3.8, 4) is 0 Å². The summed E-state index contributed by atoms with van der Waals surface area (Å²) in [5.41, 5.74) is 1.93. The molecule has 0 amide bonds. The molecule has 2 rings (SSSR count). The number of hydrogen-bond donors (Lipinski definition) is 1. The summed E-state index contributed by atoms with van der Waals surface area (Å²) in [5.74, 6) is 0.822. The molecule has 0 saturated heterocycles. The molecule has 16 heavy (non-hydrogen) atoms. The molecule has 1 atom stereocenters. The van der Waals surface area contributed by atoms with Gasteiger partial charge in [0.1, 0.15) is 5.76 Å². The predicted octanol–water partition coefficient (Wildman–Crippen LogP) is 3.63. The topological polar surface area (TPSA) is 33.4 Å². The van der Waals surface area contributed by atoms with E-state index in [0.717, 1.165) is 21.4 Å². The van der Waals surface area contributed by atoms with Crippen molar-refractivity contribution in [2.75, 3.05) is 0 Å². The van der Waals surface area contributed by atoms with E-state index in [4.69, 9.17) is 4.42 Å². The Morgan fingerprint density at radius 2 is 2.19 bits per heavy atom. The number of benzene rings is 1. The minimum Gasteiger partial charge on any atom is -0.469 e. The maximum Gasteiger partial charge on any atom is 0.101 e. The van der Waals surface area contributed by atoms with Crippen LogP contribution in [0.15, 0.2) is 45.5 Å². The first kappa shape index (κ1) is 11.4. The van der Waals surface area contributed by atoms with E-state index in [0.29, 0.717) is 6.42 Å². The number of furan rings is 1. The van der Waals surface area contributed by atoms with E-state index in [1.165, 1.54) is 0 Å². The molecule has 84 valence electrons. The van der Waals surface area contributed by atoms with Crippen LogP contribution < -0.4 is 0 Å². The van der Waals surface area contributed by atoms with E-state index in [1.54, 1.807) is 6.26 Å². The second-order valence-corrected chi connectivity index (χ2v) is 4.76. The van der Waals surface area contributed by atoms with Gasteiger partial charge < -0.3 is 9.52 Å². The van der Waals surface area contributed by atoms with E-state index < -0.39 is 6.10 Å². The van der Waals surface area contributed by atoms with Gasteiger partial charge in [0.2, 0.25) is 0 Å². The van der Waals surface area contributed by atoms with E-state index in [-0.39, 0.29) is 0 Å². The zero-order chi connectivity index (χ0) is 11.5. The number of rotatable bonds is 3. The molecule has 0 aliphatic carbocycles. The Morgan fingerprint density at radius 1 is 1.38 bits per heavy atom. The second kappa shape index (κ2) is 4.85. The van der Waals surface area contributed by atoms with Crippen LogP contribution in [0.1, 0.15) is 23.0 Å². The summed E-state index contributed by atoms with van der Waals surface area (Å²) in [6.45, 7) is 1.87. The first-order valence-corrected chi connectivity index (χ1v) is 5.92. The lowest BCUT2D eigenvalue weighted by molar-refractivity contribution is 0.177. The third kappa shape index (κ3) is 2.74. The van der Waals surface area contributed by atoms with Crippen molar-refractivity contribution in [1.29, 1.82) is 0 Å². The molecule has 1 aromatic heterocycles. The molecule has 0 fully saturated rings. The van der Waals surface area contributed by atoms with Crippen LogP contribution >= 0.6 is 15.9 Å². The molecule has 1 aromatic carbocycles. The Balaban J connectivity index is 2.10. The molecule has 0 spiro atoms. The largest absolute Gasteiger partial charge is 0.469 e. The van der Waals surface area contributed by atoms with E-state index in [1.807, 2.05) is 37.3 Å². The smallest absolute Gasteiger partial charge is 0.101 e. The number of aliphatic hydroxyl groups is 1. The van der Waals surface area contributed by atoms with Crippen molar-refractivity contribution in [3.63, 3.8) is 0 Å². The molecule has 0 saturated carbocycles. The number of hydrogen-bond acceptors (Lipinski definition) is 2. The summed E-state index contributed by atoms with van der Waals surface area (Å²) in [6, 6.07) is 9.81. The second-order valence-electron chi connectivity index (χ2n) is 3.84. The van der Waals surface area contributed by atoms with Crippen molar-refractivity contribution in [1.82, 2.24) is 0 Å². The van der Waals surface area contributed by atoms with Crippen LogP contribution in [0, 0.1) is 6.92 Å². The van der Waals surface area contributed by atoms with Crippen LogP contribution in [0.5, 0.6) is 0 Å². The van der Waals surface area contributed by atoms with E-state index >= 15 is 0 Å². The van der Waals surface area contributed by atoms with Crippen LogP contribution in [0.4, 0.5) is 0 Å². The maximum absolute atomic E-state index is 10.0. The summed E-state index contributed by atoms with van der Waals surface area (Å²) in [7, 11) is 0. The van der Waals surface area contributed by atoms with Gasteiger partial charge in [-0.05, 0) is 30.7 Å². The van der Waals surface area contributed by atoms with Gasteiger partial charge in [0.25, 0.3) is 0 Å². The molecule has 1 N–H and O–H groups in total. The number of halogens is 1. The molecule has 1 heterocycles. The minimum absolute atomic E-state index is 0.508. The van der Waals surface area contributed by atoms with Gasteiger partial charge in [-0.15, -0.1) is 0 Å². The van der Waals surface area contributed by atoms with Crippen molar-refractivity contribution < 1.29 is 9.52 Å². The molecule has 0 aliphatic heterocycles. The fourth-order valence-electron chi connectivity index (χ4n) is 1.64. The normalized spacial score (nSPS) is 12.7. The van der Waals surface area contributed by atoms with Gasteiger partial charge in [-0.2, -0.15) is 0 Å². The highest BCUT2D eigenvalue weighted by Crippen LogP contribution is 2.22. The Bertz CT molecular complexity index is 476. The third-order valence-corrected chi connectivity index (χ3v) is 2.95. The van der Waals surface area contributed by atoms with Gasteiger partial charge in [0.15, 0.2) is 0 Å². The van der Waals surface area contributed by atoms with E-state index in [2.05, 4.69) is 15.9 Å². The lowest BCUT2D eigenvalue weighted by atomic mass is 10.0. The zero-order valence-electron chi connectivity index (χ0n) is 8.98. The van der Waals surface area contributed by atoms with E-state index in [9.17, 15) is 5.11 Å². The summed E-state index contributed by atoms with van der Waals surface area (Å²) < 4.78 is 6.21. The van der Waals surface area contributed by atoms with Crippen LogP contribution in [-0.2, 0) is 6.42 Å². The number of aryl methyl sites for hydroxylation is 1. The van der Waals surface area contributed by atoms with Gasteiger partial charge in [-0.25, -0.2) is 0 Å². The van der Waals surface area contributed by atoms with Gasteiger partial charge >= 0.3 is 0 Å². The van der Waals surface area contributed by atoms with Crippen molar-refractivity contribution in [2.24, 2.45) is 0 Å². The Morgan fingerprint density at radius 3 is 2.81 bits per heavy atom. The summed E-state index contributed by atoms with van der Waals surface area (Å²) in [4.78, 5) is 0. The zero-order valence-corrected chi connectivity index (χ0v) is 10.6. The van der Waals surface area contributed by atoms with Crippen molar-refractivity contribution in [2.45, 2.75) is 19.4 Å². The van der Waals surface area contributed by atoms with Crippen molar-refractivity contribution in [3.05, 3.63) is 58.0 Å². The van der Waals surface area contributed by atoms with Gasteiger partial charge in [-0.1, -0.05) is 28.1 Å². The highest BCUT2D eigenvalue weighted by Gasteiger charge is 2.11. The van der Waals surface area contributed by atoms with Gasteiger partial charge in [0.05, 0.1) is 12.4 Å². The molecule has 2 nitrogen and oxygen atoms in total. The number of aliphatic hydroxyl groups excluding tert-OH is 1. The fraction of sp³-hybridized carbons (Fsp3) is 0.231. The maximum atomic E-state index is 10.0. The Kier molecular flexibility index (Phi) is 3.46. The van der Waals surface area contributed by atoms with Crippen LogP contribution in [0.25, 0.3) is 0 Å². The molecular weight excluding hydrogens is 268 g/mol. The summed E-state index contributed by atoms with van der Waals surface area (Å²) >= 11 is 3.41. The first-order chi connectivity index (χ1) is 7.65. The Hall–Kier alpha value is -1.06. The lowest BCUT2D eigenvalue weighted by Gasteiger charge is -2.08. The molecule has 0 bridgehead atoms.